The van der Waals surface area contributed by atoms with Crippen molar-refractivity contribution >= 4 is 17.6 Å². The summed E-state index contributed by atoms with van der Waals surface area (Å²) >= 11 is 1.35. The topological polar surface area (TPSA) is 85.7 Å². The van der Waals surface area contributed by atoms with Crippen molar-refractivity contribution in [2.45, 2.75) is 31.8 Å². The summed E-state index contributed by atoms with van der Waals surface area (Å²) in [6.07, 6.45) is 0.759. The number of aliphatic hydroxyl groups excluding tert-OH is 1. The van der Waals surface area contributed by atoms with Crippen LogP contribution in [0.15, 0.2) is 12.3 Å². The minimum atomic E-state index is -0.953. The van der Waals surface area contributed by atoms with Gasteiger partial charge in [-0.25, -0.2) is 9.17 Å². The van der Waals surface area contributed by atoms with Crippen LogP contribution in [0.25, 0.3) is 0 Å². The van der Waals surface area contributed by atoms with Crippen LogP contribution in [0.3, 0.4) is 0 Å². The average Bonchev–Trinajstić information content (AvgIpc) is 2.93. The summed E-state index contributed by atoms with van der Waals surface area (Å²) in [7, 11) is 0. The predicted molar refractivity (Wildman–Crippen MR) is 76.9 cm³/mol. The second-order valence-electron chi connectivity index (χ2n) is 6.27. The van der Waals surface area contributed by atoms with Crippen molar-refractivity contribution in [3.05, 3.63) is 17.1 Å². The molecule has 0 spiro atoms. The van der Waals surface area contributed by atoms with Crippen LogP contribution in [-0.4, -0.2) is 50.8 Å². The fraction of sp³-hybridized carbons (Fsp3) is 0.692. The molecule has 6 nitrogen and oxygen atoms in total. The van der Waals surface area contributed by atoms with Crippen molar-refractivity contribution in [2.75, 3.05) is 19.7 Å². The highest BCUT2D eigenvalue weighted by atomic mass is 32.1. The molecule has 1 saturated heterocycles. The molecule has 112 valence electrons. The molecule has 2 heterocycles. The van der Waals surface area contributed by atoms with Crippen LogP contribution >= 0.6 is 11.5 Å². The molecule has 7 heteroatoms. The molecule has 0 aliphatic carbocycles. The Labute approximate surface area is 122 Å². The molecule has 1 aliphatic heterocycles. The number of nitrogens with zero attached hydrogens (tertiary/aromatic N) is 2. The highest BCUT2D eigenvalue weighted by molar-refractivity contribution is 7.05. The number of hydrogen-bond acceptors (Lipinski definition) is 5. The maximum atomic E-state index is 11.3. The number of nitrogens with one attached hydrogen (secondary N) is 1. The third-order valence-corrected chi connectivity index (χ3v) is 4.47. The van der Waals surface area contributed by atoms with Gasteiger partial charge in [0.05, 0.1) is 5.54 Å². The van der Waals surface area contributed by atoms with Gasteiger partial charge in [-0.3, -0.25) is 0 Å². The Hall–Kier alpha value is -1.18. The average molecular weight is 299 g/mol. The van der Waals surface area contributed by atoms with Crippen molar-refractivity contribution in [2.24, 2.45) is 5.92 Å². The first kappa shape index (κ1) is 15.2. The normalized spacial score (nSPS) is 27.0. The van der Waals surface area contributed by atoms with E-state index in [9.17, 15) is 15.0 Å². The molecule has 1 aliphatic rings. The number of amides is 1. The molecule has 1 aromatic heterocycles. The van der Waals surface area contributed by atoms with Crippen LogP contribution in [0.2, 0.25) is 0 Å². The SMILES string of the molecule is CC(C)(C)N[C@@]1(c2ccns2)CN(C(=O)O)C[C@H]1CO. The lowest BCUT2D eigenvalue weighted by Gasteiger charge is -2.40. The molecule has 0 bridgehead atoms. The third-order valence-electron chi connectivity index (χ3n) is 3.54. The van der Waals surface area contributed by atoms with Crippen LogP contribution in [0, 0.1) is 5.92 Å². The Kier molecular flexibility index (Phi) is 4.04. The highest BCUT2D eigenvalue weighted by Gasteiger charge is 2.51. The van der Waals surface area contributed by atoms with Gasteiger partial charge in [0.25, 0.3) is 0 Å². The molecule has 0 aromatic carbocycles. The molecule has 2 atom stereocenters. The molecule has 1 fully saturated rings. The maximum Gasteiger partial charge on any atom is 0.407 e. The standard InChI is InChI=1S/C13H21N3O3S/c1-12(2,3)15-13(10-4-5-14-20-10)8-16(11(18)19)6-9(13)7-17/h4-5,9,15,17H,6-8H2,1-3H3,(H,18,19)/t9-,13-/m0/s1. The fourth-order valence-electron chi connectivity index (χ4n) is 2.87. The third kappa shape index (κ3) is 2.79. The fourth-order valence-corrected chi connectivity index (χ4v) is 3.68. The second-order valence-corrected chi connectivity index (χ2v) is 7.10. The van der Waals surface area contributed by atoms with E-state index < -0.39 is 11.6 Å². The largest absolute Gasteiger partial charge is 0.465 e. The molecule has 1 aromatic rings. The van der Waals surface area contributed by atoms with Gasteiger partial charge in [-0.2, -0.15) is 0 Å². The molecule has 1 amide bonds. The summed E-state index contributed by atoms with van der Waals surface area (Å²) in [6.45, 7) is 6.69. The van der Waals surface area contributed by atoms with Crippen LogP contribution in [0.4, 0.5) is 4.79 Å². The number of aliphatic hydroxyl groups is 1. The number of aromatic nitrogens is 1. The Morgan fingerprint density at radius 1 is 1.65 bits per heavy atom. The van der Waals surface area contributed by atoms with E-state index in [0.29, 0.717) is 13.1 Å². The smallest absolute Gasteiger partial charge is 0.407 e. The van der Waals surface area contributed by atoms with E-state index in [4.69, 9.17) is 0 Å². The van der Waals surface area contributed by atoms with Crippen molar-refractivity contribution in [3.63, 3.8) is 0 Å². The van der Waals surface area contributed by atoms with Gasteiger partial charge in [0.1, 0.15) is 0 Å². The molecule has 0 saturated carbocycles. The Balaban J connectivity index is 2.43. The zero-order valence-electron chi connectivity index (χ0n) is 12.0. The van der Waals surface area contributed by atoms with E-state index in [2.05, 4.69) is 9.69 Å². The lowest BCUT2D eigenvalue weighted by molar-refractivity contribution is 0.137. The monoisotopic (exact) mass is 299 g/mol. The number of carboxylic acid groups (broad SMARTS) is 1. The summed E-state index contributed by atoms with van der Waals surface area (Å²) in [6, 6.07) is 1.90. The summed E-state index contributed by atoms with van der Waals surface area (Å²) < 4.78 is 4.13. The lowest BCUT2D eigenvalue weighted by atomic mass is 9.83. The molecule has 2 rings (SSSR count). The summed E-state index contributed by atoms with van der Waals surface area (Å²) in [5.74, 6) is -0.182. The van der Waals surface area contributed by atoms with Gasteiger partial charge in [0, 0.05) is 42.2 Å². The summed E-state index contributed by atoms with van der Waals surface area (Å²) in [5, 5.41) is 22.5. The second kappa shape index (κ2) is 5.31. The van der Waals surface area contributed by atoms with Gasteiger partial charge in [0.2, 0.25) is 0 Å². The van der Waals surface area contributed by atoms with Crippen LogP contribution in [0.1, 0.15) is 25.6 Å². The van der Waals surface area contributed by atoms with Crippen molar-refractivity contribution in [1.82, 2.24) is 14.6 Å². The van der Waals surface area contributed by atoms with E-state index in [1.165, 1.54) is 16.4 Å². The van der Waals surface area contributed by atoms with Gasteiger partial charge in [-0.1, -0.05) is 0 Å². The molecule has 20 heavy (non-hydrogen) atoms. The predicted octanol–water partition coefficient (Wildman–Crippen LogP) is 1.33. The van der Waals surface area contributed by atoms with Crippen molar-refractivity contribution < 1.29 is 15.0 Å². The first-order valence-corrected chi connectivity index (χ1v) is 7.35. The van der Waals surface area contributed by atoms with Gasteiger partial charge in [-0.05, 0) is 38.4 Å². The Morgan fingerprint density at radius 2 is 2.35 bits per heavy atom. The van der Waals surface area contributed by atoms with Gasteiger partial charge in [0.15, 0.2) is 0 Å². The quantitative estimate of drug-likeness (QED) is 0.784. The number of carbonyl (C=O) groups is 1. The number of hydrogen-bond donors (Lipinski definition) is 3. The van der Waals surface area contributed by atoms with Crippen molar-refractivity contribution in [3.8, 4) is 0 Å². The van der Waals surface area contributed by atoms with E-state index in [1.54, 1.807) is 6.20 Å². The zero-order chi connectivity index (χ0) is 15.0. The van der Waals surface area contributed by atoms with E-state index >= 15 is 0 Å². The van der Waals surface area contributed by atoms with Gasteiger partial charge < -0.3 is 20.4 Å². The van der Waals surface area contributed by atoms with E-state index in [0.717, 1.165) is 4.88 Å². The summed E-state index contributed by atoms with van der Waals surface area (Å²) in [5.41, 5.74) is -0.779. The van der Waals surface area contributed by atoms with E-state index in [1.807, 2.05) is 26.8 Å². The van der Waals surface area contributed by atoms with Gasteiger partial charge in [-0.15, -0.1) is 0 Å². The minimum absolute atomic E-state index is 0.0647. The number of likely N-dealkylation sites (tertiary alicyclic amines) is 1. The number of rotatable bonds is 3. The Morgan fingerprint density at radius 3 is 2.80 bits per heavy atom. The highest BCUT2D eigenvalue weighted by Crippen LogP contribution is 2.40. The molecule has 0 unspecified atom stereocenters. The molecular weight excluding hydrogens is 278 g/mol. The van der Waals surface area contributed by atoms with Crippen LogP contribution in [0.5, 0.6) is 0 Å². The van der Waals surface area contributed by atoms with Crippen LogP contribution in [-0.2, 0) is 5.54 Å². The Bertz CT molecular complexity index is 472. The first-order valence-electron chi connectivity index (χ1n) is 6.58. The minimum Gasteiger partial charge on any atom is -0.465 e. The maximum absolute atomic E-state index is 11.3. The summed E-state index contributed by atoms with van der Waals surface area (Å²) in [4.78, 5) is 13.6. The molecule has 0 radical (unpaired) electrons. The molecule has 3 N–H and O–H groups in total. The zero-order valence-corrected chi connectivity index (χ0v) is 12.8. The van der Waals surface area contributed by atoms with Gasteiger partial charge >= 0.3 is 6.09 Å². The van der Waals surface area contributed by atoms with Crippen LogP contribution < -0.4 is 5.32 Å². The first-order chi connectivity index (χ1) is 9.28. The van der Waals surface area contributed by atoms with E-state index in [-0.39, 0.29) is 18.1 Å². The molecular formula is C13H21N3O3S. The van der Waals surface area contributed by atoms with Crippen molar-refractivity contribution in [1.29, 1.82) is 0 Å². The lowest BCUT2D eigenvalue weighted by Crippen LogP contribution is -2.57.